The van der Waals surface area contributed by atoms with Gasteiger partial charge in [0.1, 0.15) is 13.2 Å². The normalized spacial score (nSPS) is 21.7. The molecule has 2 aliphatic rings. The minimum atomic E-state index is -0.00744. The Hall–Kier alpha value is -2.21. The molecule has 1 N–H and O–H groups in total. The van der Waals surface area contributed by atoms with E-state index in [0.29, 0.717) is 35.8 Å². The topological polar surface area (TPSA) is 65.4 Å². The minimum Gasteiger partial charge on any atom is -0.486 e. The molecule has 27 heavy (non-hydrogen) atoms. The molecule has 1 aliphatic heterocycles. The number of rotatable bonds is 4. The summed E-state index contributed by atoms with van der Waals surface area (Å²) in [7, 11) is 0. The summed E-state index contributed by atoms with van der Waals surface area (Å²) in [5.74, 6) is 1.29. The number of halogens is 1. The van der Waals surface area contributed by atoms with Crippen molar-refractivity contribution in [2.75, 3.05) is 13.2 Å². The van der Waals surface area contributed by atoms with E-state index in [-0.39, 0.29) is 18.4 Å². The third kappa shape index (κ3) is 4.21. The van der Waals surface area contributed by atoms with Gasteiger partial charge in [-0.15, -0.1) is 0 Å². The van der Waals surface area contributed by atoms with E-state index in [0.717, 1.165) is 31.2 Å². The number of fused-ring (bicyclic) bond motifs is 1. The summed E-state index contributed by atoms with van der Waals surface area (Å²) in [6.45, 7) is 3.08. The van der Waals surface area contributed by atoms with Crippen LogP contribution in [0.15, 0.2) is 24.5 Å². The fraction of sp³-hybridized carbons (Fsp3) is 0.500. The summed E-state index contributed by atoms with van der Waals surface area (Å²) >= 11 is 6.31. The van der Waals surface area contributed by atoms with E-state index in [4.69, 9.17) is 21.1 Å². The molecule has 144 valence electrons. The number of ether oxygens (including phenoxy) is 2. The molecule has 6 nitrogen and oxygen atoms in total. The molecule has 2 aromatic rings. The van der Waals surface area contributed by atoms with E-state index in [1.54, 1.807) is 6.07 Å². The van der Waals surface area contributed by atoms with E-state index in [1.807, 2.05) is 12.3 Å². The summed E-state index contributed by atoms with van der Waals surface area (Å²) in [6.07, 6.45) is 8.20. The van der Waals surface area contributed by atoms with Gasteiger partial charge in [-0.3, -0.25) is 9.48 Å². The third-order valence-electron chi connectivity index (χ3n) is 5.23. The molecule has 1 amide bonds. The van der Waals surface area contributed by atoms with E-state index >= 15 is 0 Å². The maximum Gasteiger partial charge on any atom is 0.224 e. The highest BCUT2D eigenvalue weighted by Crippen LogP contribution is 2.35. The molecule has 7 heteroatoms. The van der Waals surface area contributed by atoms with Gasteiger partial charge in [0.2, 0.25) is 5.91 Å². The van der Waals surface area contributed by atoms with Crippen molar-refractivity contribution in [2.24, 2.45) is 0 Å². The van der Waals surface area contributed by atoms with Crippen LogP contribution in [-0.4, -0.2) is 34.9 Å². The number of carbonyl (C=O) groups excluding carboxylic acids is 1. The first-order chi connectivity index (χ1) is 13.1. The number of hydrogen-bond acceptors (Lipinski definition) is 4. The number of aromatic nitrogens is 2. The van der Waals surface area contributed by atoms with Crippen LogP contribution in [0.5, 0.6) is 11.5 Å². The molecule has 1 aromatic carbocycles. The first kappa shape index (κ1) is 18.2. The molecule has 0 spiro atoms. The van der Waals surface area contributed by atoms with Gasteiger partial charge in [0.05, 0.1) is 18.7 Å². The molecular formula is C20H24ClN3O3. The zero-order valence-electron chi connectivity index (χ0n) is 15.4. The van der Waals surface area contributed by atoms with E-state index in [9.17, 15) is 4.79 Å². The summed E-state index contributed by atoms with van der Waals surface area (Å²) in [4.78, 5) is 12.5. The van der Waals surface area contributed by atoms with Gasteiger partial charge in [0, 0.05) is 23.3 Å². The van der Waals surface area contributed by atoms with Gasteiger partial charge in [0.25, 0.3) is 0 Å². The van der Waals surface area contributed by atoms with Gasteiger partial charge in [-0.2, -0.15) is 5.10 Å². The lowest BCUT2D eigenvalue weighted by Gasteiger charge is -2.29. The number of hydrogen-bond donors (Lipinski definition) is 1. The summed E-state index contributed by atoms with van der Waals surface area (Å²) in [5.41, 5.74) is 1.95. The Morgan fingerprint density at radius 2 is 1.93 bits per heavy atom. The minimum absolute atomic E-state index is 0.00744. The van der Waals surface area contributed by atoms with Crippen molar-refractivity contribution < 1.29 is 14.3 Å². The lowest BCUT2D eigenvalue weighted by molar-refractivity contribution is -0.121. The van der Waals surface area contributed by atoms with Crippen LogP contribution < -0.4 is 14.8 Å². The van der Waals surface area contributed by atoms with Crippen molar-refractivity contribution in [3.63, 3.8) is 0 Å². The van der Waals surface area contributed by atoms with Crippen molar-refractivity contribution in [2.45, 2.75) is 51.1 Å². The quantitative estimate of drug-likeness (QED) is 0.869. The van der Waals surface area contributed by atoms with Gasteiger partial charge >= 0.3 is 0 Å². The number of amides is 1. The van der Waals surface area contributed by atoms with E-state index in [1.165, 1.54) is 5.56 Å². The van der Waals surface area contributed by atoms with Crippen LogP contribution in [0.3, 0.4) is 0 Å². The molecule has 0 radical (unpaired) electrons. The molecule has 0 unspecified atom stereocenters. The van der Waals surface area contributed by atoms with Crippen LogP contribution in [0.2, 0.25) is 5.02 Å². The molecule has 1 aliphatic carbocycles. The number of aryl methyl sites for hydroxylation is 1. The maximum atomic E-state index is 12.5. The zero-order chi connectivity index (χ0) is 18.8. The highest BCUT2D eigenvalue weighted by atomic mass is 35.5. The largest absolute Gasteiger partial charge is 0.486 e. The standard InChI is InChI=1S/C20H24ClN3O3/c1-13-11-22-24(12-13)16-4-2-15(3-5-16)23-20(25)9-14-8-18-19(10-17(14)21)27-7-6-26-18/h8,10-12,15-16H,2-7,9H2,1H3,(H,23,25). The predicted molar refractivity (Wildman–Crippen MR) is 103 cm³/mol. The monoisotopic (exact) mass is 389 g/mol. The average molecular weight is 390 g/mol. The smallest absolute Gasteiger partial charge is 0.224 e. The van der Waals surface area contributed by atoms with E-state index < -0.39 is 0 Å². The summed E-state index contributed by atoms with van der Waals surface area (Å²) in [5, 5.41) is 8.11. The van der Waals surface area contributed by atoms with Crippen molar-refractivity contribution in [3.8, 4) is 11.5 Å². The molecule has 4 rings (SSSR count). The van der Waals surface area contributed by atoms with Crippen LogP contribution in [0, 0.1) is 6.92 Å². The third-order valence-corrected chi connectivity index (χ3v) is 5.58. The highest BCUT2D eigenvalue weighted by Gasteiger charge is 2.24. The van der Waals surface area contributed by atoms with Crippen LogP contribution in [0.25, 0.3) is 0 Å². The average Bonchev–Trinajstić information content (AvgIpc) is 3.09. The Kier molecular flexibility index (Phi) is 5.25. The highest BCUT2D eigenvalue weighted by molar-refractivity contribution is 6.31. The first-order valence-electron chi connectivity index (χ1n) is 9.46. The molecule has 1 saturated carbocycles. The number of benzene rings is 1. The van der Waals surface area contributed by atoms with E-state index in [2.05, 4.69) is 28.2 Å². The van der Waals surface area contributed by atoms with Crippen LogP contribution in [0.4, 0.5) is 0 Å². The Balaban J connectivity index is 1.31. The predicted octanol–water partition coefficient (Wildman–Crippen LogP) is 3.46. The summed E-state index contributed by atoms with van der Waals surface area (Å²) < 4.78 is 13.2. The number of nitrogens with one attached hydrogen (secondary N) is 1. The lowest BCUT2D eigenvalue weighted by atomic mass is 9.91. The molecule has 1 fully saturated rings. The van der Waals surface area contributed by atoms with Crippen LogP contribution >= 0.6 is 11.6 Å². The molecule has 0 saturated heterocycles. The second kappa shape index (κ2) is 7.80. The zero-order valence-corrected chi connectivity index (χ0v) is 16.2. The number of nitrogens with zero attached hydrogens (tertiary/aromatic N) is 2. The second-order valence-corrected chi connectivity index (χ2v) is 7.74. The SMILES string of the molecule is Cc1cnn(C2CCC(NC(=O)Cc3cc4c(cc3Cl)OCCO4)CC2)c1. The molecule has 0 bridgehead atoms. The fourth-order valence-corrected chi connectivity index (χ4v) is 4.03. The van der Waals surface area contributed by atoms with Gasteiger partial charge in [-0.25, -0.2) is 0 Å². The van der Waals surface area contributed by atoms with Crippen molar-refractivity contribution in [1.29, 1.82) is 0 Å². The van der Waals surface area contributed by atoms with Crippen molar-refractivity contribution >= 4 is 17.5 Å². The van der Waals surface area contributed by atoms with Gasteiger partial charge in [0.15, 0.2) is 11.5 Å². The first-order valence-corrected chi connectivity index (χ1v) is 9.84. The second-order valence-electron chi connectivity index (χ2n) is 7.33. The lowest BCUT2D eigenvalue weighted by Crippen LogP contribution is -2.38. The Labute approximate surface area is 163 Å². The molecule has 1 aromatic heterocycles. The Morgan fingerprint density at radius 3 is 2.59 bits per heavy atom. The number of carbonyl (C=O) groups is 1. The van der Waals surface area contributed by atoms with Gasteiger partial charge < -0.3 is 14.8 Å². The van der Waals surface area contributed by atoms with Gasteiger partial charge in [-0.1, -0.05) is 11.6 Å². The maximum absolute atomic E-state index is 12.5. The van der Waals surface area contributed by atoms with Gasteiger partial charge in [-0.05, 0) is 49.8 Å². The summed E-state index contributed by atoms with van der Waals surface area (Å²) in [6, 6.07) is 4.18. The molecule has 2 heterocycles. The Morgan fingerprint density at radius 1 is 1.22 bits per heavy atom. The van der Waals surface area contributed by atoms with Crippen molar-refractivity contribution in [3.05, 3.63) is 40.7 Å². The molecular weight excluding hydrogens is 366 g/mol. The van der Waals surface area contributed by atoms with Crippen LogP contribution in [0.1, 0.15) is 42.9 Å². The van der Waals surface area contributed by atoms with Crippen LogP contribution in [-0.2, 0) is 11.2 Å². The Bertz CT molecular complexity index is 828. The molecule has 0 atom stereocenters. The fourth-order valence-electron chi connectivity index (χ4n) is 3.81. The van der Waals surface area contributed by atoms with Crippen molar-refractivity contribution in [1.82, 2.24) is 15.1 Å².